The van der Waals surface area contributed by atoms with E-state index in [1.807, 2.05) is 38.2 Å². The minimum atomic E-state index is 0.0139. The van der Waals surface area contributed by atoms with Gasteiger partial charge in [-0.25, -0.2) is 4.98 Å². The van der Waals surface area contributed by atoms with Crippen LogP contribution in [-0.4, -0.2) is 40.2 Å². The van der Waals surface area contributed by atoms with E-state index in [-0.39, 0.29) is 11.9 Å². The van der Waals surface area contributed by atoms with Crippen molar-refractivity contribution in [3.8, 4) is 22.0 Å². The number of aromatic nitrogens is 3. The van der Waals surface area contributed by atoms with E-state index in [2.05, 4.69) is 20.2 Å². The van der Waals surface area contributed by atoms with E-state index in [1.54, 1.807) is 18.4 Å². The quantitative estimate of drug-likeness (QED) is 0.564. The second-order valence-electron chi connectivity index (χ2n) is 8.21. The van der Waals surface area contributed by atoms with Crippen molar-refractivity contribution >= 4 is 17.2 Å². The van der Waals surface area contributed by atoms with Gasteiger partial charge in [0.05, 0.1) is 23.6 Å². The molecule has 1 aliphatic carbocycles. The average Bonchev–Trinajstić information content (AvgIpc) is 3.38. The Morgan fingerprint density at radius 2 is 2.06 bits per heavy atom. The first-order valence-electron chi connectivity index (χ1n) is 11.0. The average molecular weight is 439 g/mol. The largest absolute Gasteiger partial charge is 0.383 e. The highest BCUT2D eigenvalue weighted by atomic mass is 32.1. The third kappa shape index (κ3) is 4.88. The van der Waals surface area contributed by atoms with E-state index >= 15 is 0 Å². The number of nitrogens with zero attached hydrogens (tertiary/aromatic N) is 3. The van der Waals surface area contributed by atoms with Gasteiger partial charge in [-0.05, 0) is 44.9 Å². The summed E-state index contributed by atoms with van der Waals surface area (Å²) >= 11 is 1.59. The lowest BCUT2D eigenvalue weighted by Gasteiger charge is -2.22. The van der Waals surface area contributed by atoms with Crippen LogP contribution in [0, 0.1) is 13.8 Å². The summed E-state index contributed by atoms with van der Waals surface area (Å²) in [6.07, 6.45) is 7.66. The molecule has 3 aromatic heterocycles. The molecule has 0 bridgehead atoms. The number of ether oxygens (including phenoxy) is 1. The lowest BCUT2D eigenvalue weighted by atomic mass is 9.95. The highest BCUT2D eigenvalue weighted by Crippen LogP contribution is 2.31. The van der Waals surface area contributed by atoms with Gasteiger partial charge in [0.15, 0.2) is 0 Å². The topological polar surface area (TPSA) is 69.0 Å². The Bertz CT molecular complexity index is 1030. The summed E-state index contributed by atoms with van der Waals surface area (Å²) in [5.41, 5.74) is 5.49. The van der Waals surface area contributed by atoms with Gasteiger partial charge in [0.2, 0.25) is 0 Å². The summed E-state index contributed by atoms with van der Waals surface area (Å²) in [7, 11) is 1.69. The molecule has 1 amide bonds. The molecule has 1 aliphatic rings. The minimum Gasteiger partial charge on any atom is -0.383 e. The van der Waals surface area contributed by atoms with E-state index in [0.717, 1.165) is 51.8 Å². The summed E-state index contributed by atoms with van der Waals surface area (Å²) in [6, 6.07) is 6.31. The molecule has 0 spiro atoms. The second kappa shape index (κ2) is 9.75. The van der Waals surface area contributed by atoms with Crippen LogP contribution in [0.2, 0.25) is 0 Å². The number of carbonyl (C=O) groups is 1. The van der Waals surface area contributed by atoms with Gasteiger partial charge in [0, 0.05) is 48.2 Å². The molecular formula is C24H30N4O2S. The van der Waals surface area contributed by atoms with Crippen LogP contribution >= 0.6 is 11.3 Å². The fraction of sp³-hybridized carbons (Fsp3) is 0.458. The fourth-order valence-corrected chi connectivity index (χ4v) is 4.99. The van der Waals surface area contributed by atoms with Crippen LogP contribution in [0.4, 0.5) is 0 Å². The van der Waals surface area contributed by atoms with Crippen LogP contribution in [0.5, 0.6) is 0 Å². The number of pyridine rings is 1. The minimum absolute atomic E-state index is 0.0139. The summed E-state index contributed by atoms with van der Waals surface area (Å²) in [5, 5.41) is 6.23. The Balaban J connectivity index is 1.64. The van der Waals surface area contributed by atoms with E-state index in [1.165, 1.54) is 19.3 Å². The molecule has 3 heterocycles. The number of carbonyl (C=O) groups excluding carboxylic acids is 1. The van der Waals surface area contributed by atoms with E-state index < -0.39 is 0 Å². The van der Waals surface area contributed by atoms with Crippen molar-refractivity contribution in [2.24, 2.45) is 0 Å². The maximum atomic E-state index is 13.1. The van der Waals surface area contributed by atoms with E-state index in [0.29, 0.717) is 13.2 Å². The van der Waals surface area contributed by atoms with Gasteiger partial charge in [0.25, 0.3) is 5.91 Å². The molecule has 0 radical (unpaired) electrons. The van der Waals surface area contributed by atoms with Crippen LogP contribution < -0.4 is 5.32 Å². The summed E-state index contributed by atoms with van der Waals surface area (Å²) in [5.74, 6) is 0.0139. The fourth-order valence-electron chi connectivity index (χ4n) is 4.19. The number of thiazole rings is 1. The zero-order valence-electron chi connectivity index (χ0n) is 18.5. The van der Waals surface area contributed by atoms with Crippen molar-refractivity contribution < 1.29 is 9.53 Å². The molecule has 6 nitrogen and oxygen atoms in total. The van der Waals surface area contributed by atoms with Crippen molar-refractivity contribution in [1.82, 2.24) is 19.9 Å². The van der Waals surface area contributed by atoms with Crippen LogP contribution in [0.3, 0.4) is 0 Å². The molecule has 164 valence electrons. The van der Waals surface area contributed by atoms with Gasteiger partial charge in [-0.2, -0.15) is 0 Å². The summed E-state index contributed by atoms with van der Waals surface area (Å²) in [6.45, 7) is 5.23. The van der Waals surface area contributed by atoms with E-state index in [9.17, 15) is 4.79 Å². The lowest BCUT2D eigenvalue weighted by Crippen LogP contribution is -2.36. The highest BCUT2D eigenvalue weighted by molar-refractivity contribution is 7.13. The second-order valence-corrected chi connectivity index (χ2v) is 9.07. The number of hydrogen-bond donors (Lipinski definition) is 1. The molecule has 0 aliphatic heterocycles. The normalized spacial score (nSPS) is 14.7. The predicted octanol–water partition coefficient (Wildman–Crippen LogP) is 5.00. The Morgan fingerprint density at radius 3 is 2.77 bits per heavy atom. The van der Waals surface area contributed by atoms with Crippen molar-refractivity contribution in [3.63, 3.8) is 0 Å². The maximum absolute atomic E-state index is 13.1. The zero-order chi connectivity index (χ0) is 21.8. The molecule has 3 aromatic rings. The first kappa shape index (κ1) is 21.7. The Morgan fingerprint density at radius 1 is 1.26 bits per heavy atom. The van der Waals surface area contributed by atoms with E-state index in [4.69, 9.17) is 9.72 Å². The molecule has 31 heavy (non-hydrogen) atoms. The Kier molecular flexibility index (Phi) is 6.83. The molecular weight excluding hydrogens is 408 g/mol. The van der Waals surface area contributed by atoms with Crippen LogP contribution in [0.25, 0.3) is 22.0 Å². The third-order valence-electron chi connectivity index (χ3n) is 6.00. The number of hydrogen-bond acceptors (Lipinski definition) is 5. The molecule has 0 unspecified atom stereocenters. The Hall–Kier alpha value is -2.51. The van der Waals surface area contributed by atoms with Gasteiger partial charge >= 0.3 is 0 Å². The van der Waals surface area contributed by atoms with Crippen LogP contribution in [0.1, 0.15) is 53.8 Å². The molecule has 0 aromatic carbocycles. The number of rotatable bonds is 7. The van der Waals surface area contributed by atoms with Crippen molar-refractivity contribution in [2.75, 3.05) is 13.7 Å². The molecule has 0 saturated heterocycles. The molecule has 1 N–H and O–H groups in total. The maximum Gasteiger partial charge on any atom is 0.253 e. The molecule has 4 rings (SSSR count). The smallest absolute Gasteiger partial charge is 0.253 e. The molecule has 7 heteroatoms. The number of amides is 1. The van der Waals surface area contributed by atoms with Crippen LogP contribution in [-0.2, 0) is 11.3 Å². The SMILES string of the molecule is COCCn1c(-c2csc(-c3ccc(C)nc3)n2)cc(C(=O)NC2CCCCC2)c1C. The first-order valence-corrected chi connectivity index (χ1v) is 11.8. The van der Waals surface area contributed by atoms with Crippen LogP contribution in [0.15, 0.2) is 29.8 Å². The van der Waals surface area contributed by atoms with Crippen molar-refractivity contribution in [2.45, 2.75) is 58.5 Å². The summed E-state index contributed by atoms with van der Waals surface area (Å²) < 4.78 is 7.47. The van der Waals surface area contributed by atoms with Gasteiger partial charge in [0.1, 0.15) is 5.01 Å². The van der Waals surface area contributed by atoms with Crippen molar-refractivity contribution in [3.05, 3.63) is 46.7 Å². The first-order chi connectivity index (χ1) is 15.1. The van der Waals surface area contributed by atoms with Gasteiger partial charge in [-0.3, -0.25) is 9.78 Å². The summed E-state index contributed by atoms with van der Waals surface area (Å²) in [4.78, 5) is 22.3. The Labute approximate surface area is 187 Å². The van der Waals surface area contributed by atoms with Gasteiger partial charge in [-0.1, -0.05) is 19.3 Å². The van der Waals surface area contributed by atoms with Crippen molar-refractivity contribution in [1.29, 1.82) is 0 Å². The zero-order valence-corrected chi connectivity index (χ0v) is 19.3. The third-order valence-corrected chi connectivity index (χ3v) is 6.89. The number of nitrogens with one attached hydrogen (secondary N) is 1. The monoisotopic (exact) mass is 438 g/mol. The van der Waals surface area contributed by atoms with Gasteiger partial charge in [-0.15, -0.1) is 11.3 Å². The highest BCUT2D eigenvalue weighted by Gasteiger charge is 2.23. The standard InChI is InChI=1S/C24H30N4O2S/c1-16-9-10-18(14-25-16)24-27-21(15-31-24)22-13-20(17(2)28(22)11-12-30-3)23(29)26-19-7-5-4-6-8-19/h9-10,13-15,19H,4-8,11-12H2,1-3H3,(H,26,29). The molecule has 0 atom stereocenters. The molecule has 1 fully saturated rings. The van der Waals surface area contributed by atoms with Gasteiger partial charge < -0.3 is 14.6 Å². The lowest BCUT2D eigenvalue weighted by molar-refractivity contribution is 0.0927. The predicted molar refractivity (Wildman–Crippen MR) is 124 cm³/mol. The number of aryl methyl sites for hydroxylation is 1. The molecule has 1 saturated carbocycles. The number of methoxy groups -OCH3 is 1.